The molecule has 1 amide bonds. The first-order valence-electron chi connectivity index (χ1n) is 10.1. The van der Waals surface area contributed by atoms with E-state index in [0.29, 0.717) is 22.4 Å². The molecule has 0 heterocycles. The Bertz CT molecular complexity index is 1200. The molecule has 7 nitrogen and oxygen atoms in total. The highest BCUT2D eigenvalue weighted by Gasteiger charge is 2.21. The molecule has 0 fully saturated rings. The fourth-order valence-electron chi connectivity index (χ4n) is 3.38. The molecule has 0 aliphatic carbocycles. The molecule has 0 aromatic heterocycles. The van der Waals surface area contributed by atoms with E-state index in [0.717, 1.165) is 0 Å². The first-order chi connectivity index (χ1) is 16.2. The van der Waals surface area contributed by atoms with Crippen LogP contribution in [0.3, 0.4) is 0 Å². The van der Waals surface area contributed by atoms with Gasteiger partial charge >= 0.3 is 6.61 Å². The van der Waals surface area contributed by atoms with Crippen LogP contribution in [0.4, 0.5) is 18.9 Å². The van der Waals surface area contributed by atoms with Crippen LogP contribution in [0.2, 0.25) is 0 Å². The number of carbonyl (C=O) groups is 1. The molecule has 0 saturated carbocycles. The quantitative estimate of drug-likeness (QED) is 0.274. The monoisotopic (exact) mass is 472 g/mol. The summed E-state index contributed by atoms with van der Waals surface area (Å²) in [6.45, 7) is -3.12. The molecule has 1 atom stereocenters. The van der Waals surface area contributed by atoms with Gasteiger partial charge in [-0.2, -0.15) is 13.2 Å². The molecule has 178 valence electrons. The van der Waals surface area contributed by atoms with Gasteiger partial charge in [0.25, 0.3) is 5.91 Å². The van der Waals surface area contributed by atoms with Crippen molar-refractivity contribution in [3.8, 4) is 22.6 Å². The Morgan fingerprint density at radius 1 is 1.06 bits per heavy atom. The minimum Gasteiger partial charge on any atom is -0.497 e. The van der Waals surface area contributed by atoms with Crippen molar-refractivity contribution >= 4 is 17.6 Å². The third-order valence-corrected chi connectivity index (χ3v) is 5.10. The molecule has 0 bridgehead atoms. The van der Waals surface area contributed by atoms with Gasteiger partial charge < -0.3 is 26.3 Å². The molecule has 6 N–H and O–H groups in total. The lowest BCUT2D eigenvalue weighted by molar-refractivity contribution is -0.0501. The summed E-state index contributed by atoms with van der Waals surface area (Å²) < 4.78 is 49.2. The number of hydrogen-bond donors (Lipinski definition) is 4. The standard InChI is InChI=1S/C24H23F3N4O3/c1-33-16-4-2-3-15(9-16)20(12-28)31-23(32)18-11-14(6-8-21(18)34-24(26)27)13-5-7-19(29)17(10-13)22(25)30/h2-11,20,24,30H,12,28-29H2,1H3,(H,31,32). The van der Waals surface area contributed by atoms with Crippen molar-refractivity contribution in [1.82, 2.24) is 5.32 Å². The topological polar surface area (TPSA) is 123 Å². The Labute approximate surface area is 194 Å². The van der Waals surface area contributed by atoms with Gasteiger partial charge in [0.1, 0.15) is 11.5 Å². The van der Waals surface area contributed by atoms with Crippen LogP contribution < -0.4 is 26.3 Å². The van der Waals surface area contributed by atoms with Gasteiger partial charge in [-0.1, -0.05) is 24.3 Å². The van der Waals surface area contributed by atoms with E-state index in [1.165, 1.54) is 37.4 Å². The van der Waals surface area contributed by atoms with E-state index in [1.807, 2.05) is 0 Å². The molecule has 34 heavy (non-hydrogen) atoms. The van der Waals surface area contributed by atoms with Gasteiger partial charge in [0, 0.05) is 12.2 Å². The average molecular weight is 472 g/mol. The molecular formula is C24H23F3N4O3. The second-order valence-corrected chi connectivity index (χ2v) is 7.24. The van der Waals surface area contributed by atoms with Gasteiger partial charge in [0.2, 0.25) is 5.97 Å². The molecule has 3 rings (SSSR count). The van der Waals surface area contributed by atoms with Crippen molar-refractivity contribution in [3.63, 3.8) is 0 Å². The molecule has 0 aliphatic heterocycles. The first-order valence-corrected chi connectivity index (χ1v) is 10.1. The highest BCUT2D eigenvalue weighted by molar-refractivity contribution is 6.00. The van der Waals surface area contributed by atoms with Gasteiger partial charge in [0.15, 0.2) is 0 Å². The molecule has 3 aromatic carbocycles. The van der Waals surface area contributed by atoms with Crippen LogP contribution in [0.5, 0.6) is 11.5 Å². The van der Waals surface area contributed by atoms with Gasteiger partial charge in [-0.15, -0.1) is 0 Å². The summed E-state index contributed by atoms with van der Waals surface area (Å²) in [6.07, 6.45) is 0. The van der Waals surface area contributed by atoms with Crippen molar-refractivity contribution in [1.29, 1.82) is 5.41 Å². The maximum atomic E-state index is 13.5. The lowest BCUT2D eigenvalue weighted by atomic mass is 9.99. The predicted octanol–water partition coefficient (Wildman–Crippen LogP) is 4.27. The summed E-state index contributed by atoms with van der Waals surface area (Å²) in [5, 5.41) is 9.95. The van der Waals surface area contributed by atoms with Crippen LogP contribution in [-0.4, -0.2) is 32.1 Å². The SMILES string of the molecule is COc1cccc(C(CN)NC(=O)c2cc(-c3ccc(N)c(C(=N)F)c3)ccc2OC(F)F)c1. The van der Waals surface area contributed by atoms with Gasteiger partial charge in [-0.3, -0.25) is 10.2 Å². The maximum absolute atomic E-state index is 13.5. The summed E-state index contributed by atoms with van der Waals surface area (Å²) in [5.74, 6) is -1.71. The zero-order valence-electron chi connectivity index (χ0n) is 18.1. The minimum atomic E-state index is -3.16. The first kappa shape index (κ1) is 24.6. The number of ether oxygens (including phenoxy) is 2. The van der Waals surface area contributed by atoms with E-state index < -0.39 is 24.5 Å². The molecule has 0 aliphatic rings. The van der Waals surface area contributed by atoms with E-state index in [1.54, 1.807) is 30.3 Å². The second kappa shape index (κ2) is 10.7. The summed E-state index contributed by atoms with van der Waals surface area (Å²) in [6, 6.07) is 14.6. The van der Waals surface area contributed by atoms with Crippen LogP contribution in [0.25, 0.3) is 11.1 Å². The summed E-state index contributed by atoms with van der Waals surface area (Å²) in [7, 11) is 1.50. The molecule has 3 aromatic rings. The molecular weight excluding hydrogens is 449 g/mol. The van der Waals surface area contributed by atoms with Crippen LogP contribution >= 0.6 is 0 Å². The number of rotatable bonds is 9. The lowest BCUT2D eigenvalue weighted by Crippen LogP contribution is -2.33. The van der Waals surface area contributed by atoms with Crippen molar-refractivity contribution in [2.45, 2.75) is 12.7 Å². The number of amides is 1. The van der Waals surface area contributed by atoms with Crippen LogP contribution in [0.15, 0.2) is 60.7 Å². The summed E-state index contributed by atoms with van der Waals surface area (Å²) >= 11 is 0. The van der Waals surface area contributed by atoms with E-state index in [-0.39, 0.29) is 29.1 Å². The number of hydrogen-bond acceptors (Lipinski definition) is 6. The normalized spacial score (nSPS) is 11.7. The zero-order valence-corrected chi connectivity index (χ0v) is 18.1. The zero-order chi connectivity index (χ0) is 24.8. The number of carbonyl (C=O) groups excluding carboxylic acids is 1. The Kier molecular flexibility index (Phi) is 7.75. The number of halogens is 3. The summed E-state index contributed by atoms with van der Waals surface area (Å²) in [5.41, 5.74) is 12.8. The molecule has 0 spiro atoms. The predicted molar refractivity (Wildman–Crippen MR) is 123 cm³/mol. The Morgan fingerprint density at radius 3 is 2.35 bits per heavy atom. The third kappa shape index (κ3) is 5.65. The fourth-order valence-corrected chi connectivity index (χ4v) is 3.38. The maximum Gasteiger partial charge on any atom is 0.387 e. The smallest absolute Gasteiger partial charge is 0.387 e. The lowest BCUT2D eigenvalue weighted by Gasteiger charge is -2.20. The van der Waals surface area contributed by atoms with Crippen molar-refractivity contribution < 1.29 is 27.4 Å². The molecule has 0 saturated heterocycles. The molecule has 10 heteroatoms. The molecule has 1 unspecified atom stereocenters. The van der Waals surface area contributed by atoms with Gasteiger partial charge in [-0.25, -0.2) is 0 Å². The van der Waals surface area contributed by atoms with Crippen molar-refractivity contribution in [2.24, 2.45) is 5.73 Å². The number of methoxy groups -OCH3 is 1. The fraction of sp³-hybridized carbons (Fsp3) is 0.167. The summed E-state index contributed by atoms with van der Waals surface area (Å²) in [4.78, 5) is 13.1. The van der Waals surface area contributed by atoms with Crippen molar-refractivity contribution in [3.05, 3.63) is 77.4 Å². The second-order valence-electron chi connectivity index (χ2n) is 7.24. The number of anilines is 1. The largest absolute Gasteiger partial charge is 0.497 e. The minimum absolute atomic E-state index is 0.0313. The Hall–Kier alpha value is -4.05. The van der Waals surface area contributed by atoms with E-state index >= 15 is 0 Å². The third-order valence-electron chi connectivity index (χ3n) is 5.10. The molecule has 0 radical (unpaired) electrons. The average Bonchev–Trinajstić information content (AvgIpc) is 2.82. The number of benzene rings is 3. The van der Waals surface area contributed by atoms with Crippen LogP contribution in [0, 0.1) is 5.41 Å². The van der Waals surface area contributed by atoms with Gasteiger partial charge in [0.05, 0.1) is 24.3 Å². The number of nitrogen functional groups attached to an aromatic ring is 1. The van der Waals surface area contributed by atoms with Gasteiger partial charge in [-0.05, 0) is 53.1 Å². The van der Waals surface area contributed by atoms with Crippen molar-refractivity contribution in [2.75, 3.05) is 19.4 Å². The highest BCUT2D eigenvalue weighted by Crippen LogP contribution is 2.30. The van der Waals surface area contributed by atoms with E-state index in [2.05, 4.69) is 10.1 Å². The van der Waals surface area contributed by atoms with E-state index in [4.69, 9.17) is 21.6 Å². The van der Waals surface area contributed by atoms with E-state index in [9.17, 15) is 18.0 Å². The van der Waals surface area contributed by atoms with Crippen LogP contribution in [-0.2, 0) is 0 Å². The highest BCUT2D eigenvalue weighted by atomic mass is 19.3. The number of nitrogens with one attached hydrogen (secondary N) is 2. The Balaban J connectivity index is 1.99. The number of nitrogens with two attached hydrogens (primary N) is 2. The Morgan fingerprint density at radius 2 is 1.74 bits per heavy atom. The van der Waals surface area contributed by atoms with Crippen LogP contribution in [0.1, 0.15) is 27.5 Å². The number of alkyl halides is 2.